The van der Waals surface area contributed by atoms with E-state index in [1.807, 2.05) is 0 Å². The summed E-state index contributed by atoms with van der Waals surface area (Å²) in [5.41, 5.74) is -0.908. The predicted octanol–water partition coefficient (Wildman–Crippen LogP) is 0.291. The maximum absolute atomic E-state index is 13.2. The summed E-state index contributed by atoms with van der Waals surface area (Å²) in [4.78, 5) is 20.2. The molecule has 1 aliphatic heterocycles. The lowest BCUT2D eigenvalue weighted by molar-refractivity contribution is -0.387. The van der Waals surface area contributed by atoms with Crippen LogP contribution in [0.2, 0.25) is 0 Å². The van der Waals surface area contributed by atoms with Crippen LogP contribution in [0.3, 0.4) is 0 Å². The molecule has 0 bridgehead atoms. The number of halogens is 1. The quantitative estimate of drug-likeness (QED) is 0.611. The molecule has 1 unspecified atom stereocenters. The van der Waals surface area contributed by atoms with E-state index < -0.39 is 37.4 Å². The van der Waals surface area contributed by atoms with Gasteiger partial charge in [-0.3, -0.25) is 14.9 Å². The summed E-state index contributed by atoms with van der Waals surface area (Å²) >= 11 is 0. The van der Waals surface area contributed by atoms with Crippen molar-refractivity contribution < 1.29 is 22.5 Å². The number of hydrogen-bond acceptors (Lipinski definition) is 5. The van der Waals surface area contributed by atoms with E-state index in [0.717, 1.165) is 12.1 Å². The number of amides is 1. The van der Waals surface area contributed by atoms with E-state index in [1.54, 1.807) is 0 Å². The Hall–Kier alpha value is -2.07. The molecule has 1 atom stereocenters. The van der Waals surface area contributed by atoms with Crippen molar-refractivity contribution in [3.8, 4) is 0 Å². The Morgan fingerprint density at radius 3 is 2.71 bits per heavy atom. The number of nitro groups is 1. The van der Waals surface area contributed by atoms with Crippen LogP contribution in [0, 0.1) is 15.9 Å². The van der Waals surface area contributed by atoms with Crippen molar-refractivity contribution in [2.24, 2.45) is 0 Å². The van der Waals surface area contributed by atoms with Gasteiger partial charge in [0, 0.05) is 25.1 Å². The number of nitrogens with zero attached hydrogens (tertiary/aromatic N) is 1. The van der Waals surface area contributed by atoms with Crippen LogP contribution in [0.1, 0.15) is 12.8 Å². The Labute approximate surface area is 119 Å². The third-order valence-corrected chi connectivity index (χ3v) is 4.53. The molecule has 0 saturated carbocycles. The number of sulfonamides is 1. The fourth-order valence-corrected chi connectivity index (χ4v) is 3.21. The number of carbonyl (C=O) groups excluding carboxylic acids is 1. The van der Waals surface area contributed by atoms with Gasteiger partial charge in [-0.1, -0.05) is 0 Å². The van der Waals surface area contributed by atoms with Gasteiger partial charge in [0.1, 0.15) is 0 Å². The van der Waals surface area contributed by atoms with E-state index in [1.165, 1.54) is 0 Å². The zero-order valence-electron chi connectivity index (χ0n) is 10.7. The molecular formula is C11H12FN3O5S. The smallest absolute Gasteiger partial charge is 0.306 e. The van der Waals surface area contributed by atoms with E-state index in [-0.39, 0.29) is 18.9 Å². The van der Waals surface area contributed by atoms with Crippen molar-refractivity contribution in [2.75, 3.05) is 6.54 Å². The second kappa shape index (κ2) is 5.74. The number of nitro benzene ring substituents is 1. The van der Waals surface area contributed by atoms with Crippen molar-refractivity contribution in [3.05, 3.63) is 34.1 Å². The van der Waals surface area contributed by atoms with Crippen LogP contribution >= 0.6 is 0 Å². The van der Waals surface area contributed by atoms with E-state index in [0.29, 0.717) is 12.5 Å². The molecular weight excluding hydrogens is 305 g/mol. The summed E-state index contributed by atoms with van der Waals surface area (Å²) in [6.07, 6.45) is 0.519. The van der Waals surface area contributed by atoms with Crippen LogP contribution in [-0.2, 0) is 14.8 Å². The average molecular weight is 317 g/mol. The maximum Gasteiger partial charge on any atom is 0.306 e. The summed E-state index contributed by atoms with van der Waals surface area (Å²) in [5.74, 6) is -1.27. The summed E-state index contributed by atoms with van der Waals surface area (Å²) in [6, 6.07) is 1.84. The lowest BCUT2D eigenvalue weighted by atomic mass is 10.1. The fraction of sp³-hybridized carbons (Fsp3) is 0.364. The number of piperidine rings is 1. The van der Waals surface area contributed by atoms with Crippen LogP contribution in [0.4, 0.5) is 10.1 Å². The van der Waals surface area contributed by atoms with E-state index in [2.05, 4.69) is 10.0 Å². The Morgan fingerprint density at radius 2 is 2.14 bits per heavy atom. The average Bonchev–Trinajstić information content (AvgIpc) is 2.41. The first-order valence-corrected chi connectivity index (χ1v) is 7.51. The van der Waals surface area contributed by atoms with Gasteiger partial charge < -0.3 is 5.32 Å². The largest absolute Gasteiger partial charge is 0.355 e. The first kappa shape index (κ1) is 15.3. The minimum Gasteiger partial charge on any atom is -0.355 e. The molecule has 1 fully saturated rings. The molecule has 2 N–H and O–H groups in total. The van der Waals surface area contributed by atoms with Crippen molar-refractivity contribution in [1.29, 1.82) is 0 Å². The number of carbonyl (C=O) groups is 1. The SMILES string of the molecule is O=C1CCC(NS(=O)(=O)c2ccc(F)c([N+](=O)[O-])c2)CN1. The Balaban J connectivity index is 2.21. The number of nitrogens with one attached hydrogen (secondary N) is 2. The van der Waals surface area contributed by atoms with Crippen molar-refractivity contribution in [3.63, 3.8) is 0 Å². The van der Waals surface area contributed by atoms with Gasteiger partial charge in [0.05, 0.1) is 9.82 Å². The molecule has 0 aromatic heterocycles. The molecule has 0 aliphatic carbocycles. The molecule has 0 radical (unpaired) electrons. The normalized spacial score (nSPS) is 19.1. The van der Waals surface area contributed by atoms with Gasteiger partial charge in [-0.2, -0.15) is 4.39 Å². The molecule has 0 spiro atoms. The molecule has 114 valence electrons. The summed E-state index contributed by atoms with van der Waals surface area (Å²) in [5, 5.41) is 13.1. The molecule has 1 saturated heterocycles. The zero-order valence-corrected chi connectivity index (χ0v) is 11.5. The first-order valence-electron chi connectivity index (χ1n) is 6.02. The summed E-state index contributed by atoms with van der Waals surface area (Å²) in [7, 11) is -4.02. The van der Waals surface area contributed by atoms with Gasteiger partial charge in [0.25, 0.3) is 0 Å². The Bertz CT molecular complexity index is 681. The highest BCUT2D eigenvalue weighted by atomic mass is 32.2. The third kappa shape index (κ3) is 3.52. The standard InChI is InChI=1S/C11H12FN3O5S/c12-9-3-2-8(5-10(9)15(17)18)21(19,20)14-7-1-4-11(16)13-6-7/h2-3,5,7,14H,1,4,6H2,(H,13,16). The lowest BCUT2D eigenvalue weighted by Gasteiger charge is -2.23. The Morgan fingerprint density at radius 1 is 1.43 bits per heavy atom. The highest BCUT2D eigenvalue weighted by Crippen LogP contribution is 2.22. The van der Waals surface area contributed by atoms with E-state index in [4.69, 9.17) is 0 Å². The van der Waals surface area contributed by atoms with Crippen LogP contribution in [0.5, 0.6) is 0 Å². The van der Waals surface area contributed by atoms with Crippen LogP contribution in [-0.4, -0.2) is 31.8 Å². The van der Waals surface area contributed by atoms with Crippen LogP contribution in [0.15, 0.2) is 23.1 Å². The molecule has 1 heterocycles. The highest BCUT2D eigenvalue weighted by molar-refractivity contribution is 7.89. The minimum atomic E-state index is -4.02. The number of rotatable bonds is 4. The van der Waals surface area contributed by atoms with Crippen molar-refractivity contribution in [1.82, 2.24) is 10.0 Å². The molecule has 1 aromatic rings. The van der Waals surface area contributed by atoms with Gasteiger partial charge in [0.15, 0.2) is 0 Å². The minimum absolute atomic E-state index is 0.140. The topological polar surface area (TPSA) is 118 Å². The predicted molar refractivity (Wildman–Crippen MR) is 69.4 cm³/mol. The highest BCUT2D eigenvalue weighted by Gasteiger charge is 2.26. The van der Waals surface area contributed by atoms with Gasteiger partial charge in [-0.25, -0.2) is 13.1 Å². The zero-order chi connectivity index (χ0) is 15.6. The lowest BCUT2D eigenvalue weighted by Crippen LogP contribution is -2.47. The maximum atomic E-state index is 13.2. The Kier molecular flexibility index (Phi) is 4.19. The van der Waals surface area contributed by atoms with Crippen molar-refractivity contribution >= 4 is 21.6 Å². The van der Waals surface area contributed by atoms with Crippen molar-refractivity contribution in [2.45, 2.75) is 23.8 Å². The second-order valence-corrected chi connectivity index (χ2v) is 6.25. The second-order valence-electron chi connectivity index (χ2n) is 4.53. The summed E-state index contributed by atoms with van der Waals surface area (Å²) in [6.45, 7) is 0.140. The van der Waals surface area contributed by atoms with E-state index in [9.17, 15) is 27.7 Å². The molecule has 21 heavy (non-hydrogen) atoms. The number of benzene rings is 1. The monoisotopic (exact) mass is 317 g/mol. The first-order chi connectivity index (χ1) is 9.79. The number of hydrogen-bond donors (Lipinski definition) is 2. The van der Waals surface area contributed by atoms with Gasteiger partial charge in [-0.05, 0) is 18.6 Å². The molecule has 1 amide bonds. The molecule has 8 nitrogen and oxygen atoms in total. The van der Waals surface area contributed by atoms with Gasteiger partial charge >= 0.3 is 5.69 Å². The molecule has 10 heteroatoms. The van der Waals surface area contributed by atoms with Gasteiger partial charge in [-0.15, -0.1) is 0 Å². The molecule has 1 aliphatic rings. The summed E-state index contributed by atoms with van der Waals surface area (Å²) < 4.78 is 39.7. The van der Waals surface area contributed by atoms with E-state index >= 15 is 0 Å². The molecule has 2 rings (SSSR count). The van der Waals surface area contributed by atoms with Crippen LogP contribution in [0.25, 0.3) is 0 Å². The third-order valence-electron chi connectivity index (χ3n) is 3.01. The fourth-order valence-electron chi connectivity index (χ4n) is 1.92. The molecule has 1 aromatic carbocycles. The van der Waals surface area contributed by atoms with Gasteiger partial charge in [0.2, 0.25) is 21.7 Å². The van der Waals surface area contributed by atoms with Crippen LogP contribution < -0.4 is 10.0 Å².